The number of Topliss-reactive ketones (excluding diaryl/α,β-unsaturated/α-hetero) is 1. The van der Waals surface area contributed by atoms with Crippen molar-refractivity contribution in [3.8, 4) is 11.5 Å². The van der Waals surface area contributed by atoms with E-state index in [1.54, 1.807) is 37.4 Å². The highest BCUT2D eigenvalue weighted by Crippen LogP contribution is 2.37. The third-order valence-corrected chi connectivity index (χ3v) is 3.40. The minimum atomic E-state index is -0.523. The van der Waals surface area contributed by atoms with Gasteiger partial charge in [0.05, 0.1) is 11.3 Å². The van der Waals surface area contributed by atoms with E-state index in [-0.39, 0.29) is 18.1 Å². The highest BCUT2D eigenvalue weighted by Gasteiger charge is 2.30. The molecule has 0 amide bonds. The van der Waals surface area contributed by atoms with E-state index in [0.717, 1.165) is 0 Å². The molecule has 3 rings (SSSR count). The summed E-state index contributed by atoms with van der Waals surface area (Å²) in [5.41, 5.74) is 1.75. The summed E-state index contributed by atoms with van der Waals surface area (Å²) in [6.45, 7) is 1.61. The molecular formula is C18H15NO5. The molecule has 0 aliphatic carbocycles. The molecule has 2 aromatic rings. The fraction of sp³-hybridized carbons (Fsp3) is 0.167. The molecule has 122 valence electrons. The summed E-state index contributed by atoms with van der Waals surface area (Å²) in [5, 5.41) is 0. The lowest BCUT2D eigenvalue weighted by molar-refractivity contribution is -0.138. The molecule has 2 heterocycles. The van der Waals surface area contributed by atoms with Gasteiger partial charge in [0.2, 0.25) is 5.78 Å². The SMILES string of the molecule is COCC(=O)Oc1cc(C)c2c(c1)O/C(=C\c1ccccn1)C2=O. The molecule has 24 heavy (non-hydrogen) atoms. The van der Waals surface area contributed by atoms with Crippen LogP contribution in [0.4, 0.5) is 0 Å². The molecule has 0 saturated heterocycles. The van der Waals surface area contributed by atoms with E-state index < -0.39 is 5.97 Å². The van der Waals surface area contributed by atoms with Crippen molar-refractivity contribution < 1.29 is 23.8 Å². The van der Waals surface area contributed by atoms with Crippen molar-refractivity contribution in [1.29, 1.82) is 0 Å². The molecule has 0 radical (unpaired) electrons. The van der Waals surface area contributed by atoms with E-state index in [1.165, 1.54) is 13.2 Å². The third-order valence-electron chi connectivity index (χ3n) is 3.40. The largest absolute Gasteiger partial charge is 0.452 e. The van der Waals surface area contributed by atoms with Crippen LogP contribution in [0.1, 0.15) is 21.6 Å². The normalized spacial score (nSPS) is 14.4. The molecule has 0 bridgehead atoms. The van der Waals surface area contributed by atoms with E-state index in [0.29, 0.717) is 28.3 Å². The van der Waals surface area contributed by atoms with Gasteiger partial charge < -0.3 is 14.2 Å². The Morgan fingerprint density at radius 3 is 2.88 bits per heavy atom. The zero-order valence-corrected chi connectivity index (χ0v) is 13.2. The first kappa shape index (κ1) is 15.9. The molecule has 1 aromatic heterocycles. The topological polar surface area (TPSA) is 74.7 Å². The second kappa shape index (κ2) is 6.64. The lowest BCUT2D eigenvalue weighted by Crippen LogP contribution is -2.14. The van der Waals surface area contributed by atoms with Crippen molar-refractivity contribution in [1.82, 2.24) is 4.98 Å². The number of ketones is 1. The number of hydrogen-bond donors (Lipinski definition) is 0. The summed E-state index contributed by atoms with van der Waals surface area (Å²) in [5.74, 6) is 0.114. The van der Waals surface area contributed by atoms with Crippen molar-refractivity contribution in [2.45, 2.75) is 6.92 Å². The van der Waals surface area contributed by atoms with Gasteiger partial charge in [0.15, 0.2) is 5.76 Å². The van der Waals surface area contributed by atoms with Gasteiger partial charge in [-0.3, -0.25) is 9.78 Å². The fourth-order valence-electron chi connectivity index (χ4n) is 2.41. The Hall–Kier alpha value is -2.99. The molecule has 0 atom stereocenters. The van der Waals surface area contributed by atoms with Gasteiger partial charge in [-0.2, -0.15) is 0 Å². The number of nitrogens with zero attached hydrogens (tertiary/aromatic N) is 1. The number of carbonyl (C=O) groups excluding carboxylic acids is 2. The van der Waals surface area contributed by atoms with Crippen molar-refractivity contribution in [2.24, 2.45) is 0 Å². The van der Waals surface area contributed by atoms with Crippen LogP contribution in [-0.4, -0.2) is 30.5 Å². The predicted octanol–water partition coefficient (Wildman–Crippen LogP) is 2.56. The number of methoxy groups -OCH3 is 1. The van der Waals surface area contributed by atoms with Gasteiger partial charge in [-0.1, -0.05) is 6.07 Å². The Balaban J connectivity index is 1.90. The predicted molar refractivity (Wildman–Crippen MR) is 85.9 cm³/mol. The minimum absolute atomic E-state index is 0.152. The number of pyridine rings is 1. The average Bonchev–Trinajstić information content (AvgIpc) is 2.85. The Morgan fingerprint density at radius 1 is 1.33 bits per heavy atom. The van der Waals surface area contributed by atoms with Crippen LogP contribution in [0.5, 0.6) is 11.5 Å². The number of fused-ring (bicyclic) bond motifs is 1. The molecule has 0 unspecified atom stereocenters. The van der Waals surface area contributed by atoms with Crippen LogP contribution < -0.4 is 9.47 Å². The van der Waals surface area contributed by atoms with Crippen LogP contribution in [0.2, 0.25) is 0 Å². The van der Waals surface area contributed by atoms with E-state index in [4.69, 9.17) is 14.2 Å². The Kier molecular flexibility index (Phi) is 4.39. The molecule has 6 nitrogen and oxygen atoms in total. The third kappa shape index (κ3) is 3.18. The lowest BCUT2D eigenvalue weighted by atomic mass is 10.0. The first-order chi connectivity index (χ1) is 11.6. The number of benzene rings is 1. The summed E-state index contributed by atoms with van der Waals surface area (Å²) in [6, 6.07) is 8.53. The zero-order chi connectivity index (χ0) is 17.1. The molecule has 1 aromatic carbocycles. The average molecular weight is 325 g/mol. The first-order valence-corrected chi connectivity index (χ1v) is 7.28. The molecule has 6 heteroatoms. The van der Waals surface area contributed by atoms with Crippen LogP contribution in [-0.2, 0) is 9.53 Å². The highest BCUT2D eigenvalue weighted by molar-refractivity contribution is 6.15. The number of aromatic nitrogens is 1. The van der Waals surface area contributed by atoms with Crippen molar-refractivity contribution in [2.75, 3.05) is 13.7 Å². The quantitative estimate of drug-likeness (QED) is 0.488. The van der Waals surface area contributed by atoms with E-state index >= 15 is 0 Å². The summed E-state index contributed by atoms with van der Waals surface area (Å²) in [4.78, 5) is 28.2. The summed E-state index contributed by atoms with van der Waals surface area (Å²) < 4.78 is 15.5. The van der Waals surface area contributed by atoms with Gasteiger partial charge in [-0.15, -0.1) is 0 Å². The molecule has 1 aliphatic rings. The number of hydrogen-bond acceptors (Lipinski definition) is 6. The minimum Gasteiger partial charge on any atom is -0.452 e. The van der Waals surface area contributed by atoms with Crippen molar-refractivity contribution in [3.63, 3.8) is 0 Å². The maximum absolute atomic E-state index is 12.5. The maximum atomic E-state index is 12.5. The number of rotatable bonds is 4. The first-order valence-electron chi connectivity index (χ1n) is 7.28. The number of allylic oxidation sites excluding steroid dienone is 1. The zero-order valence-electron chi connectivity index (χ0n) is 13.2. The summed E-state index contributed by atoms with van der Waals surface area (Å²) in [6.07, 6.45) is 3.22. The van der Waals surface area contributed by atoms with Gasteiger partial charge in [-0.25, -0.2) is 4.79 Å². The molecule has 1 aliphatic heterocycles. The second-order valence-corrected chi connectivity index (χ2v) is 5.21. The molecule has 0 spiro atoms. The van der Waals surface area contributed by atoms with Crippen LogP contribution >= 0.6 is 0 Å². The number of ether oxygens (including phenoxy) is 3. The molecule has 0 saturated carbocycles. The van der Waals surface area contributed by atoms with Crippen LogP contribution in [0.25, 0.3) is 6.08 Å². The molecule has 0 fully saturated rings. The monoisotopic (exact) mass is 325 g/mol. The van der Waals surface area contributed by atoms with Crippen LogP contribution in [0, 0.1) is 6.92 Å². The van der Waals surface area contributed by atoms with Crippen LogP contribution in [0.3, 0.4) is 0 Å². The summed E-state index contributed by atoms with van der Waals surface area (Å²) in [7, 11) is 1.41. The molecule has 0 N–H and O–H groups in total. The van der Waals surface area contributed by atoms with E-state index in [2.05, 4.69) is 4.98 Å². The summed E-state index contributed by atoms with van der Waals surface area (Å²) >= 11 is 0. The second-order valence-electron chi connectivity index (χ2n) is 5.21. The number of esters is 1. The standard InChI is InChI=1S/C18H15NO5/c1-11-7-13(23-16(20)10-22-2)9-14-17(11)18(21)15(24-14)8-12-5-3-4-6-19-12/h3-9H,10H2,1-2H3/b15-8-. The lowest BCUT2D eigenvalue weighted by Gasteiger charge is -2.07. The number of aryl methyl sites for hydroxylation is 1. The van der Waals surface area contributed by atoms with E-state index in [1.807, 2.05) is 6.07 Å². The molecular weight excluding hydrogens is 310 g/mol. The highest BCUT2D eigenvalue weighted by atomic mass is 16.6. The maximum Gasteiger partial charge on any atom is 0.337 e. The fourth-order valence-corrected chi connectivity index (χ4v) is 2.41. The Bertz CT molecular complexity index is 827. The van der Waals surface area contributed by atoms with Crippen molar-refractivity contribution >= 4 is 17.8 Å². The van der Waals surface area contributed by atoms with Crippen LogP contribution in [0.15, 0.2) is 42.3 Å². The number of carbonyl (C=O) groups is 2. The Morgan fingerprint density at radius 2 is 2.17 bits per heavy atom. The van der Waals surface area contributed by atoms with Gasteiger partial charge in [-0.05, 0) is 30.7 Å². The Labute approximate surface area is 138 Å². The smallest absolute Gasteiger partial charge is 0.337 e. The van der Waals surface area contributed by atoms with Gasteiger partial charge in [0.25, 0.3) is 0 Å². The van der Waals surface area contributed by atoms with Gasteiger partial charge >= 0.3 is 5.97 Å². The van der Waals surface area contributed by atoms with Gasteiger partial charge in [0.1, 0.15) is 18.1 Å². The van der Waals surface area contributed by atoms with Crippen molar-refractivity contribution in [3.05, 3.63) is 59.1 Å². The van der Waals surface area contributed by atoms with E-state index in [9.17, 15) is 9.59 Å². The van der Waals surface area contributed by atoms with Gasteiger partial charge in [0, 0.05) is 25.4 Å².